The molecular formula is C16H15FN4S. The fourth-order valence-electron chi connectivity index (χ4n) is 2.70. The fourth-order valence-corrected chi connectivity index (χ4v) is 3.66. The number of piperazine rings is 1. The molecule has 0 radical (unpaired) electrons. The maximum Gasteiger partial charge on any atom is 0.188 e. The Bertz CT molecular complexity index is 745. The predicted molar refractivity (Wildman–Crippen MR) is 88.2 cm³/mol. The molecule has 22 heavy (non-hydrogen) atoms. The molecule has 0 unspecified atom stereocenters. The molecule has 4 rings (SSSR count). The van der Waals surface area contributed by atoms with E-state index in [1.54, 1.807) is 17.5 Å². The first-order valence-corrected chi connectivity index (χ1v) is 8.08. The summed E-state index contributed by atoms with van der Waals surface area (Å²) in [6, 6.07) is 10.6. The first kappa shape index (κ1) is 13.5. The summed E-state index contributed by atoms with van der Waals surface area (Å²) >= 11 is 1.64. The van der Waals surface area contributed by atoms with Crippen LogP contribution in [-0.2, 0) is 0 Å². The van der Waals surface area contributed by atoms with Crippen LogP contribution in [0.25, 0.3) is 10.3 Å². The number of hydrogen-bond donors (Lipinski definition) is 0. The number of nitrogens with zero attached hydrogens (tertiary/aromatic N) is 4. The van der Waals surface area contributed by atoms with Crippen molar-refractivity contribution >= 4 is 32.5 Å². The van der Waals surface area contributed by atoms with E-state index >= 15 is 0 Å². The van der Waals surface area contributed by atoms with Gasteiger partial charge < -0.3 is 9.80 Å². The van der Waals surface area contributed by atoms with Crippen LogP contribution in [0, 0.1) is 5.82 Å². The highest BCUT2D eigenvalue weighted by atomic mass is 32.1. The van der Waals surface area contributed by atoms with Crippen LogP contribution < -0.4 is 9.80 Å². The van der Waals surface area contributed by atoms with E-state index in [-0.39, 0.29) is 5.82 Å². The van der Waals surface area contributed by atoms with Gasteiger partial charge in [-0.2, -0.15) is 0 Å². The SMILES string of the molecule is Fc1ccc(N2CCN(c3nc4cccnc4s3)CC2)cc1. The molecule has 1 fully saturated rings. The quantitative estimate of drug-likeness (QED) is 0.727. The van der Waals surface area contributed by atoms with E-state index in [0.717, 1.165) is 47.3 Å². The topological polar surface area (TPSA) is 32.3 Å². The van der Waals surface area contributed by atoms with Gasteiger partial charge in [0.2, 0.25) is 0 Å². The molecule has 6 heteroatoms. The highest BCUT2D eigenvalue weighted by molar-refractivity contribution is 7.21. The van der Waals surface area contributed by atoms with Crippen molar-refractivity contribution < 1.29 is 4.39 Å². The van der Waals surface area contributed by atoms with Crippen LogP contribution in [0.15, 0.2) is 42.6 Å². The average molecular weight is 314 g/mol. The number of hydrogen-bond acceptors (Lipinski definition) is 5. The predicted octanol–water partition coefficient (Wildman–Crippen LogP) is 3.16. The third-order valence-electron chi connectivity index (χ3n) is 3.90. The second kappa shape index (κ2) is 5.53. The Morgan fingerprint density at radius 2 is 1.68 bits per heavy atom. The van der Waals surface area contributed by atoms with Crippen LogP contribution >= 0.6 is 11.3 Å². The molecule has 0 bridgehead atoms. The summed E-state index contributed by atoms with van der Waals surface area (Å²) in [6.45, 7) is 3.65. The lowest BCUT2D eigenvalue weighted by Gasteiger charge is -2.35. The molecule has 1 aromatic carbocycles. The minimum Gasteiger partial charge on any atom is -0.368 e. The van der Waals surface area contributed by atoms with Gasteiger partial charge in [0.15, 0.2) is 5.13 Å². The minimum atomic E-state index is -0.190. The zero-order valence-electron chi connectivity index (χ0n) is 11.9. The van der Waals surface area contributed by atoms with Crippen LogP contribution in [0.5, 0.6) is 0 Å². The summed E-state index contributed by atoms with van der Waals surface area (Å²) in [5.74, 6) is -0.190. The smallest absolute Gasteiger partial charge is 0.188 e. The molecule has 1 aliphatic rings. The summed E-state index contributed by atoms with van der Waals surface area (Å²) in [5, 5.41) is 1.03. The number of anilines is 2. The van der Waals surface area contributed by atoms with Crippen molar-refractivity contribution in [2.24, 2.45) is 0 Å². The number of fused-ring (bicyclic) bond motifs is 1. The number of rotatable bonds is 2. The molecule has 4 nitrogen and oxygen atoms in total. The Balaban J connectivity index is 1.48. The highest BCUT2D eigenvalue weighted by Crippen LogP contribution is 2.28. The van der Waals surface area contributed by atoms with Gasteiger partial charge in [-0.05, 0) is 36.4 Å². The highest BCUT2D eigenvalue weighted by Gasteiger charge is 2.20. The lowest BCUT2D eigenvalue weighted by Crippen LogP contribution is -2.46. The van der Waals surface area contributed by atoms with Crippen molar-refractivity contribution in [3.8, 4) is 0 Å². The van der Waals surface area contributed by atoms with Crippen LogP contribution in [0.1, 0.15) is 0 Å². The van der Waals surface area contributed by atoms with Crippen LogP contribution in [0.2, 0.25) is 0 Å². The number of thiazole rings is 1. The molecule has 0 N–H and O–H groups in total. The Hall–Kier alpha value is -2.21. The van der Waals surface area contributed by atoms with Crippen LogP contribution in [0.4, 0.5) is 15.2 Å². The van der Waals surface area contributed by atoms with E-state index in [1.165, 1.54) is 12.1 Å². The molecule has 1 saturated heterocycles. The Morgan fingerprint density at radius 1 is 0.955 bits per heavy atom. The van der Waals surface area contributed by atoms with E-state index in [4.69, 9.17) is 0 Å². The van der Waals surface area contributed by atoms with Crippen molar-refractivity contribution in [3.05, 3.63) is 48.4 Å². The number of pyridine rings is 1. The second-order valence-electron chi connectivity index (χ2n) is 5.27. The van der Waals surface area contributed by atoms with Gasteiger partial charge >= 0.3 is 0 Å². The van der Waals surface area contributed by atoms with E-state index in [0.29, 0.717) is 0 Å². The van der Waals surface area contributed by atoms with Crippen molar-refractivity contribution in [1.29, 1.82) is 0 Å². The summed E-state index contributed by atoms with van der Waals surface area (Å²) in [7, 11) is 0. The maximum absolute atomic E-state index is 13.0. The molecule has 112 valence electrons. The zero-order chi connectivity index (χ0) is 14.9. The summed E-state index contributed by atoms with van der Waals surface area (Å²) in [5.41, 5.74) is 2.04. The summed E-state index contributed by atoms with van der Waals surface area (Å²) in [6.07, 6.45) is 1.80. The molecule has 3 heterocycles. The third kappa shape index (κ3) is 2.50. The van der Waals surface area contributed by atoms with Crippen molar-refractivity contribution in [1.82, 2.24) is 9.97 Å². The fraction of sp³-hybridized carbons (Fsp3) is 0.250. The normalized spacial score (nSPS) is 15.5. The van der Waals surface area contributed by atoms with Gasteiger partial charge in [0, 0.05) is 38.1 Å². The van der Waals surface area contributed by atoms with Gasteiger partial charge in [0.1, 0.15) is 16.2 Å². The van der Waals surface area contributed by atoms with Gasteiger partial charge in [-0.3, -0.25) is 0 Å². The molecule has 1 aliphatic heterocycles. The van der Waals surface area contributed by atoms with Crippen molar-refractivity contribution in [2.75, 3.05) is 36.0 Å². The molecule has 3 aromatic rings. The Morgan fingerprint density at radius 3 is 2.41 bits per heavy atom. The van der Waals surface area contributed by atoms with Gasteiger partial charge in [0.05, 0.1) is 0 Å². The number of benzene rings is 1. The Kier molecular flexibility index (Phi) is 3.38. The van der Waals surface area contributed by atoms with E-state index < -0.39 is 0 Å². The molecular weight excluding hydrogens is 299 g/mol. The lowest BCUT2D eigenvalue weighted by atomic mass is 10.2. The third-order valence-corrected chi connectivity index (χ3v) is 4.94. The minimum absolute atomic E-state index is 0.190. The molecule has 0 aliphatic carbocycles. The van der Waals surface area contributed by atoms with Gasteiger partial charge in [0.25, 0.3) is 0 Å². The standard InChI is InChI=1S/C16H15FN4S/c17-12-3-5-13(6-4-12)20-8-10-21(11-9-20)16-19-14-2-1-7-18-15(14)22-16/h1-7H,8-11H2. The first-order chi connectivity index (χ1) is 10.8. The van der Waals surface area contributed by atoms with E-state index in [2.05, 4.69) is 19.8 Å². The summed E-state index contributed by atoms with van der Waals surface area (Å²) < 4.78 is 13.0. The van der Waals surface area contributed by atoms with E-state index in [1.807, 2.05) is 24.3 Å². The van der Waals surface area contributed by atoms with Crippen LogP contribution in [-0.4, -0.2) is 36.1 Å². The van der Waals surface area contributed by atoms with Crippen molar-refractivity contribution in [3.63, 3.8) is 0 Å². The molecule has 2 aromatic heterocycles. The van der Waals surface area contributed by atoms with Crippen molar-refractivity contribution in [2.45, 2.75) is 0 Å². The van der Waals surface area contributed by atoms with Gasteiger partial charge in [-0.15, -0.1) is 0 Å². The molecule has 0 spiro atoms. The zero-order valence-corrected chi connectivity index (χ0v) is 12.8. The molecule has 0 amide bonds. The maximum atomic E-state index is 13.0. The monoisotopic (exact) mass is 314 g/mol. The largest absolute Gasteiger partial charge is 0.368 e. The average Bonchev–Trinajstić information content (AvgIpc) is 3.00. The summed E-state index contributed by atoms with van der Waals surface area (Å²) in [4.78, 5) is 14.6. The van der Waals surface area contributed by atoms with Gasteiger partial charge in [-0.25, -0.2) is 14.4 Å². The lowest BCUT2D eigenvalue weighted by molar-refractivity contribution is 0.624. The molecule has 0 saturated carbocycles. The Labute approximate surface area is 131 Å². The van der Waals surface area contributed by atoms with E-state index in [9.17, 15) is 4.39 Å². The van der Waals surface area contributed by atoms with Crippen LogP contribution in [0.3, 0.4) is 0 Å². The second-order valence-corrected chi connectivity index (χ2v) is 6.23. The number of halogens is 1. The molecule has 0 atom stereocenters. The number of aromatic nitrogens is 2. The first-order valence-electron chi connectivity index (χ1n) is 7.27. The van der Waals surface area contributed by atoms with Gasteiger partial charge in [-0.1, -0.05) is 11.3 Å².